The second-order valence-corrected chi connectivity index (χ2v) is 8.86. The normalized spacial score (nSPS) is 12.5. The van der Waals surface area contributed by atoms with Gasteiger partial charge in [-0.1, -0.05) is 42.1 Å². The van der Waals surface area contributed by atoms with E-state index in [2.05, 4.69) is 22.3 Å². The lowest BCUT2D eigenvalue weighted by Crippen LogP contribution is -2.45. The fourth-order valence-corrected chi connectivity index (χ4v) is 4.30. The number of aromatic nitrogens is 3. The van der Waals surface area contributed by atoms with Crippen molar-refractivity contribution in [1.29, 1.82) is 0 Å². The van der Waals surface area contributed by atoms with Gasteiger partial charge in [0, 0.05) is 12.1 Å². The summed E-state index contributed by atoms with van der Waals surface area (Å²) in [5, 5.41) is 9.17. The number of rotatable bonds is 8. The Morgan fingerprint density at radius 2 is 1.72 bits per heavy atom. The smallest absolute Gasteiger partial charge is 0.236 e. The van der Waals surface area contributed by atoms with E-state index in [1.807, 2.05) is 74.4 Å². The van der Waals surface area contributed by atoms with Gasteiger partial charge in [0.2, 0.25) is 11.7 Å². The molecule has 3 rings (SSSR count). The van der Waals surface area contributed by atoms with E-state index in [1.165, 1.54) is 11.8 Å². The molecular formula is C22H28N4O2S. The van der Waals surface area contributed by atoms with Crippen molar-refractivity contribution in [2.45, 2.75) is 63.7 Å². The summed E-state index contributed by atoms with van der Waals surface area (Å²) in [6.07, 6.45) is 1.62. The van der Waals surface area contributed by atoms with Crippen LogP contribution in [0.25, 0.3) is 11.6 Å². The summed E-state index contributed by atoms with van der Waals surface area (Å²) in [6.45, 7) is 10.7. The van der Waals surface area contributed by atoms with E-state index in [-0.39, 0.29) is 23.2 Å². The molecular weight excluding hydrogens is 384 g/mol. The summed E-state index contributed by atoms with van der Waals surface area (Å²) >= 11 is 1.44. The molecule has 0 saturated heterocycles. The van der Waals surface area contributed by atoms with Crippen LogP contribution >= 0.6 is 11.8 Å². The summed E-state index contributed by atoms with van der Waals surface area (Å²) < 4.78 is 7.57. The number of hydrogen-bond donors (Lipinski definition) is 0. The molecule has 1 amide bonds. The minimum Gasteiger partial charge on any atom is -0.461 e. The lowest BCUT2D eigenvalue weighted by Gasteiger charge is -2.32. The summed E-state index contributed by atoms with van der Waals surface area (Å²) in [7, 11) is 0. The van der Waals surface area contributed by atoms with Gasteiger partial charge in [-0.15, -0.1) is 10.2 Å². The van der Waals surface area contributed by atoms with Crippen LogP contribution in [0.15, 0.2) is 58.3 Å². The zero-order chi connectivity index (χ0) is 21.0. The topological polar surface area (TPSA) is 64.2 Å². The minimum atomic E-state index is -0.275. The van der Waals surface area contributed by atoms with Crippen LogP contribution in [0.3, 0.4) is 0 Å². The average molecular weight is 413 g/mol. The predicted octanol–water partition coefficient (Wildman–Crippen LogP) is 4.71. The first-order valence-corrected chi connectivity index (χ1v) is 10.8. The van der Waals surface area contributed by atoms with Crippen LogP contribution in [0.5, 0.6) is 0 Å². The number of carbonyl (C=O) groups excluding carboxylic acids is 1. The molecule has 0 radical (unpaired) electrons. The van der Waals surface area contributed by atoms with Gasteiger partial charge in [0.05, 0.1) is 18.1 Å². The second kappa shape index (κ2) is 9.31. The van der Waals surface area contributed by atoms with Crippen molar-refractivity contribution in [2.24, 2.45) is 0 Å². The van der Waals surface area contributed by atoms with Crippen molar-refractivity contribution < 1.29 is 9.21 Å². The Balaban J connectivity index is 1.90. The van der Waals surface area contributed by atoms with Gasteiger partial charge in [0.1, 0.15) is 0 Å². The molecule has 1 aromatic carbocycles. The first kappa shape index (κ1) is 21.2. The maximum atomic E-state index is 13.1. The standard InChI is InChI=1S/C22H28N4O2S/c1-15(2)26(16(3)4)21(27)17(5)29-22-24-23-20(19-12-9-13-28-19)25(22)14-18-10-7-6-8-11-18/h6-13,15-17H,14H2,1-5H3/t17-/m1/s1. The average Bonchev–Trinajstić information content (AvgIpc) is 3.32. The molecule has 6 nitrogen and oxygen atoms in total. The molecule has 0 aliphatic heterocycles. The van der Waals surface area contributed by atoms with Gasteiger partial charge in [-0.2, -0.15) is 0 Å². The largest absolute Gasteiger partial charge is 0.461 e. The highest BCUT2D eigenvalue weighted by Gasteiger charge is 2.28. The van der Waals surface area contributed by atoms with E-state index in [9.17, 15) is 4.79 Å². The molecule has 2 heterocycles. The molecule has 0 spiro atoms. The number of amides is 1. The molecule has 0 fully saturated rings. The Kier molecular flexibility index (Phi) is 6.79. The number of thioether (sulfide) groups is 1. The maximum absolute atomic E-state index is 13.1. The fourth-order valence-electron chi connectivity index (χ4n) is 3.40. The zero-order valence-corrected chi connectivity index (χ0v) is 18.4. The predicted molar refractivity (Wildman–Crippen MR) is 116 cm³/mol. The lowest BCUT2D eigenvalue weighted by molar-refractivity contribution is -0.133. The van der Waals surface area contributed by atoms with Crippen LogP contribution in [0.2, 0.25) is 0 Å². The Morgan fingerprint density at radius 3 is 2.31 bits per heavy atom. The van der Waals surface area contributed by atoms with Crippen LogP contribution in [0.4, 0.5) is 0 Å². The number of nitrogens with zero attached hydrogens (tertiary/aromatic N) is 4. The van der Waals surface area contributed by atoms with Crippen LogP contribution < -0.4 is 0 Å². The van der Waals surface area contributed by atoms with E-state index >= 15 is 0 Å². The first-order chi connectivity index (χ1) is 13.9. The third kappa shape index (κ3) is 4.90. The van der Waals surface area contributed by atoms with Crippen molar-refractivity contribution in [3.05, 3.63) is 54.3 Å². The third-order valence-electron chi connectivity index (χ3n) is 4.64. The van der Waals surface area contributed by atoms with Crippen molar-refractivity contribution in [3.8, 4) is 11.6 Å². The summed E-state index contributed by atoms with van der Waals surface area (Å²) in [6, 6.07) is 14.1. The van der Waals surface area contributed by atoms with E-state index in [0.29, 0.717) is 23.3 Å². The molecule has 0 aliphatic rings. The van der Waals surface area contributed by atoms with Crippen molar-refractivity contribution >= 4 is 17.7 Å². The van der Waals surface area contributed by atoms with Gasteiger partial charge in [-0.05, 0) is 52.3 Å². The Labute approximate surface area is 176 Å². The van der Waals surface area contributed by atoms with Crippen molar-refractivity contribution in [3.63, 3.8) is 0 Å². The molecule has 0 N–H and O–H groups in total. The highest BCUT2D eigenvalue weighted by atomic mass is 32.2. The van der Waals surface area contributed by atoms with Gasteiger partial charge in [-0.3, -0.25) is 9.36 Å². The van der Waals surface area contributed by atoms with Crippen molar-refractivity contribution in [2.75, 3.05) is 0 Å². The van der Waals surface area contributed by atoms with Gasteiger partial charge in [-0.25, -0.2) is 0 Å². The summed E-state index contributed by atoms with van der Waals surface area (Å²) in [5.41, 5.74) is 1.13. The first-order valence-electron chi connectivity index (χ1n) is 9.88. The number of benzene rings is 1. The molecule has 154 valence electrons. The Morgan fingerprint density at radius 1 is 1.03 bits per heavy atom. The molecule has 3 aromatic rings. The van der Waals surface area contributed by atoms with E-state index in [4.69, 9.17) is 4.42 Å². The second-order valence-electron chi connectivity index (χ2n) is 7.55. The van der Waals surface area contributed by atoms with Crippen LogP contribution in [0, 0.1) is 0 Å². The number of carbonyl (C=O) groups is 1. The minimum absolute atomic E-state index is 0.105. The number of hydrogen-bond acceptors (Lipinski definition) is 5. The van der Waals surface area contributed by atoms with Gasteiger partial charge >= 0.3 is 0 Å². The highest BCUT2D eigenvalue weighted by Crippen LogP contribution is 2.29. The van der Waals surface area contributed by atoms with Gasteiger partial charge in [0.25, 0.3) is 0 Å². The molecule has 0 saturated carbocycles. The summed E-state index contributed by atoms with van der Waals surface area (Å²) in [4.78, 5) is 15.0. The molecule has 0 unspecified atom stereocenters. The Hall–Kier alpha value is -2.54. The molecule has 2 aromatic heterocycles. The molecule has 1 atom stereocenters. The van der Waals surface area contributed by atoms with Gasteiger partial charge in [0.15, 0.2) is 10.9 Å². The maximum Gasteiger partial charge on any atom is 0.236 e. The molecule has 0 bridgehead atoms. The van der Waals surface area contributed by atoms with E-state index < -0.39 is 0 Å². The van der Waals surface area contributed by atoms with E-state index in [1.54, 1.807) is 6.26 Å². The molecule has 7 heteroatoms. The highest BCUT2D eigenvalue weighted by molar-refractivity contribution is 8.00. The fraction of sp³-hybridized carbons (Fsp3) is 0.409. The number of furan rings is 1. The Bertz CT molecular complexity index is 912. The van der Waals surface area contributed by atoms with E-state index in [0.717, 1.165) is 5.56 Å². The molecule has 29 heavy (non-hydrogen) atoms. The summed E-state index contributed by atoms with van der Waals surface area (Å²) in [5.74, 6) is 1.42. The monoisotopic (exact) mass is 412 g/mol. The zero-order valence-electron chi connectivity index (χ0n) is 17.6. The van der Waals surface area contributed by atoms with Crippen molar-refractivity contribution in [1.82, 2.24) is 19.7 Å². The quantitative estimate of drug-likeness (QED) is 0.501. The van der Waals surface area contributed by atoms with Crippen LogP contribution in [-0.2, 0) is 11.3 Å². The SMILES string of the molecule is CC(C)N(C(=O)[C@@H](C)Sc1nnc(-c2ccco2)n1Cc1ccccc1)C(C)C. The van der Waals surface area contributed by atoms with Crippen LogP contribution in [0.1, 0.15) is 40.2 Å². The lowest BCUT2D eigenvalue weighted by atomic mass is 10.2. The van der Waals surface area contributed by atoms with Gasteiger partial charge < -0.3 is 9.32 Å². The molecule has 0 aliphatic carbocycles. The third-order valence-corrected chi connectivity index (χ3v) is 5.71. The van der Waals surface area contributed by atoms with Crippen LogP contribution in [-0.4, -0.2) is 42.9 Å².